The second kappa shape index (κ2) is 11.7. The van der Waals surface area contributed by atoms with Crippen molar-refractivity contribution >= 4 is 0 Å². The van der Waals surface area contributed by atoms with Gasteiger partial charge < -0.3 is 10.1 Å². The van der Waals surface area contributed by atoms with Crippen molar-refractivity contribution < 1.29 is 9.13 Å². The fourth-order valence-electron chi connectivity index (χ4n) is 2.36. The summed E-state index contributed by atoms with van der Waals surface area (Å²) in [4.78, 5) is 0. The van der Waals surface area contributed by atoms with Crippen LogP contribution in [-0.4, -0.2) is 19.7 Å². The summed E-state index contributed by atoms with van der Waals surface area (Å²) < 4.78 is 19.3. The lowest BCUT2D eigenvalue weighted by Gasteiger charge is -2.19. The number of benzene rings is 1. The first kappa shape index (κ1) is 18.1. The third-order valence-electron chi connectivity index (χ3n) is 3.62. The molecule has 0 aromatic heterocycles. The van der Waals surface area contributed by atoms with E-state index in [1.165, 1.54) is 38.2 Å². The van der Waals surface area contributed by atoms with Crippen LogP contribution < -0.4 is 5.32 Å². The normalized spacial score (nSPS) is 12.5. The Morgan fingerprint density at radius 1 is 1.10 bits per heavy atom. The van der Waals surface area contributed by atoms with Gasteiger partial charge in [0.2, 0.25) is 0 Å². The minimum absolute atomic E-state index is 0.0590. The predicted molar refractivity (Wildman–Crippen MR) is 87.0 cm³/mol. The van der Waals surface area contributed by atoms with Crippen molar-refractivity contribution in [1.82, 2.24) is 5.32 Å². The Hall–Kier alpha value is -0.930. The fourth-order valence-corrected chi connectivity index (χ4v) is 2.36. The zero-order chi connectivity index (χ0) is 15.3. The maximum Gasteiger partial charge on any atom is 0.123 e. The number of hydrogen-bond acceptors (Lipinski definition) is 2. The van der Waals surface area contributed by atoms with Gasteiger partial charge in [-0.1, -0.05) is 58.1 Å². The molecule has 1 N–H and O–H groups in total. The molecular weight excluding hydrogens is 265 g/mol. The molecule has 0 aliphatic rings. The number of halogens is 1. The SMILES string of the molecule is CCCCCCCCOC(CNCC)c1cccc(F)c1. The number of likely N-dealkylation sites (N-methyl/N-ethyl adjacent to an activating group) is 1. The molecule has 1 atom stereocenters. The molecule has 0 spiro atoms. The molecule has 0 aliphatic carbocycles. The lowest BCUT2D eigenvalue weighted by molar-refractivity contribution is 0.0500. The summed E-state index contributed by atoms with van der Waals surface area (Å²) in [5, 5.41) is 3.29. The maximum atomic E-state index is 13.3. The zero-order valence-corrected chi connectivity index (χ0v) is 13.5. The van der Waals surface area contributed by atoms with Crippen molar-refractivity contribution in [3.05, 3.63) is 35.6 Å². The van der Waals surface area contributed by atoms with E-state index in [-0.39, 0.29) is 11.9 Å². The van der Waals surface area contributed by atoms with Gasteiger partial charge in [-0.15, -0.1) is 0 Å². The van der Waals surface area contributed by atoms with Crippen LogP contribution in [-0.2, 0) is 4.74 Å². The maximum absolute atomic E-state index is 13.3. The van der Waals surface area contributed by atoms with E-state index in [9.17, 15) is 4.39 Å². The number of ether oxygens (including phenoxy) is 1. The molecule has 0 amide bonds. The Balaban J connectivity index is 2.33. The van der Waals surface area contributed by atoms with Crippen LogP contribution in [0.2, 0.25) is 0 Å². The van der Waals surface area contributed by atoms with Gasteiger partial charge in [0.25, 0.3) is 0 Å². The summed E-state index contributed by atoms with van der Waals surface area (Å²) in [7, 11) is 0. The van der Waals surface area contributed by atoms with Gasteiger partial charge in [0.1, 0.15) is 5.82 Å². The van der Waals surface area contributed by atoms with Crippen molar-refractivity contribution in [2.24, 2.45) is 0 Å². The van der Waals surface area contributed by atoms with E-state index in [1.54, 1.807) is 12.1 Å². The fraction of sp³-hybridized carbons (Fsp3) is 0.667. The third-order valence-corrected chi connectivity index (χ3v) is 3.62. The van der Waals surface area contributed by atoms with Crippen molar-refractivity contribution in [2.45, 2.75) is 58.5 Å². The molecule has 2 nitrogen and oxygen atoms in total. The van der Waals surface area contributed by atoms with Crippen molar-refractivity contribution in [3.63, 3.8) is 0 Å². The summed E-state index contributed by atoms with van der Waals surface area (Å²) in [6, 6.07) is 6.73. The molecule has 1 aromatic carbocycles. The van der Waals surface area contributed by atoms with Crippen molar-refractivity contribution in [3.8, 4) is 0 Å². The van der Waals surface area contributed by atoms with Gasteiger partial charge in [-0.05, 0) is 30.7 Å². The molecule has 1 unspecified atom stereocenters. The van der Waals surface area contributed by atoms with E-state index >= 15 is 0 Å². The lowest BCUT2D eigenvalue weighted by Crippen LogP contribution is -2.23. The van der Waals surface area contributed by atoms with Crippen LogP contribution in [0.25, 0.3) is 0 Å². The van der Waals surface area contributed by atoms with Crippen LogP contribution >= 0.6 is 0 Å². The second-order valence-electron chi connectivity index (χ2n) is 5.49. The lowest BCUT2D eigenvalue weighted by atomic mass is 10.1. The van der Waals surface area contributed by atoms with Crippen molar-refractivity contribution in [1.29, 1.82) is 0 Å². The van der Waals surface area contributed by atoms with Crippen LogP contribution in [0.4, 0.5) is 4.39 Å². The van der Waals surface area contributed by atoms with Gasteiger partial charge in [0.15, 0.2) is 0 Å². The van der Waals surface area contributed by atoms with Gasteiger partial charge in [0, 0.05) is 13.2 Å². The molecule has 0 fully saturated rings. The van der Waals surface area contributed by atoms with E-state index in [0.717, 1.165) is 31.7 Å². The molecule has 21 heavy (non-hydrogen) atoms. The third kappa shape index (κ3) is 8.18. The topological polar surface area (TPSA) is 21.3 Å². The van der Waals surface area contributed by atoms with E-state index in [4.69, 9.17) is 4.74 Å². The molecule has 0 bridgehead atoms. The summed E-state index contributed by atoms with van der Waals surface area (Å²) in [5.41, 5.74) is 0.918. The summed E-state index contributed by atoms with van der Waals surface area (Å²) >= 11 is 0. The molecular formula is C18H30FNO. The molecule has 0 heterocycles. The first-order valence-electron chi connectivity index (χ1n) is 8.35. The Morgan fingerprint density at radius 2 is 1.86 bits per heavy atom. The monoisotopic (exact) mass is 295 g/mol. The molecule has 0 aliphatic heterocycles. The molecule has 1 aromatic rings. The number of unbranched alkanes of at least 4 members (excludes halogenated alkanes) is 5. The van der Waals surface area contributed by atoms with E-state index < -0.39 is 0 Å². The quantitative estimate of drug-likeness (QED) is 0.556. The molecule has 3 heteroatoms. The Bertz CT molecular complexity index is 370. The summed E-state index contributed by atoms with van der Waals surface area (Å²) in [5.74, 6) is -0.197. The highest BCUT2D eigenvalue weighted by Gasteiger charge is 2.12. The predicted octanol–water partition coefficient (Wildman–Crippen LogP) is 4.85. The Kier molecular flexibility index (Phi) is 10.1. The molecule has 0 saturated heterocycles. The highest BCUT2D eigenvalue weighted by Crippen LogP contribution is 2.18. The van der Waals surface area contributed by atoms with Crippen molar-refractivity contribution in [2.75, 3.05) is 19.7 Å². The van der Waals surface area contributed by atoms with E-state index in [0.29, 0.717) is 0 Å². The van der Waals surface area contributed by atoms with Gasteiger partial charge in [-0.2, -0.15) is 0 Å². The first-order valence-corrected chi connectivity index (χ1v) is 8.35. The molecule has 0 radical (unpaired) electrons. The summed E-state index contributed by atoms with van der Waals surface area (Å²) in [6.45, 7) is 6.67. The average molecular weight is 295 g/mol. The van der Waals surface area contributed by atoms with Crippen LogP contribution in [0.15, 0.2) is 24.3 Å². The number of nitrogens with one attached hydrogen (secondary N) is 1. The summed E-state index contributed by atoms with van der Waals surface area (Å²) in [6.07, 6.45) is 7.46. The number of hydrogen-bond donors (Lipinski definition) is 1. The van der Waals surface area contributed by atoms with Crippen LogP contribution in [0.5, 0.6) is 0 Å². The van der Waals surface area contributed by atoms with Gasteiger partial charge >= 0.3 is 0 Å². The average Bonchev–Trinajstić information content (AvgIpc) is 2.49. The molecule has 120 valence electrons. The minimum Gasteiger partial charge on any atom is -0.372 e. The number of rotatable bonds is 12. The van der Waals surface area contributed by atoms with E-state index in [1.807, 2.05) is 6.07 Å². The molecule has 1 rings (SSSR count). The van der Waals surface area contributed by atoms with Gasteiger partial charge in [0.05, 0.1) is 6.10 Å². The van der Waals surface area contributed by atoms with Gasteiger partial charge in [-0.3, -0.25) is 0 Å². The zero-order valence-electron chi connectivity index (χ0n) is 13.5. The van der Waals surface area contributed by atoms with Crippen LogP contribution in [0.3, 0.4) is 0 Å². The largest absolute Gasteiger partial charge is 0.372 e. The standard InChI is InChI=1S/C18H30FNO/c1-3-5-6-7-8-9-13-21-18(15-20-4-2)16-11-10-12-17(19)14-16/h10-12,14,18,20H,3-9,13,15H2,1-2H3. The minimum atomic E-state index is -0.197. The highest BCUT2D eigenvalue weighted by molar-refractivity contribution is 5.19. The highest BCUT2D eigenvalue weighted by atomic mass is 19.1. The van der Waals surface area contributed by atoms with E-state index in [2.05, 4.69) is 19.2 Å². The second-order valence-corrected chi connectivity index (χ2v) is 5.49. The molecule has 0 saturated carbocycles. The first-order chi connectivity index (χ1) is 10.3. The Morgan fingerprint density at radius 3 is 2.57 bits per heavy atom. The van der Waals surface area contributed by atoms with Gasteiger partial charge in [-0.25, -0.2) is 4.39 Å². The van der Waals surface area contributed by atoms with Crippen LogP contribution in [0.1, 0.15) is 64.0 Å². The Labute approximate surface area is 129 Å². The van der Waals surface area contributed by atoms with Crippen LogP contribution in [0, 0.1) is 5.82 Å². The smallest absolute Gasteiger partial charge is 0.123 e.